The molecule has 0 aromatic rings. The van der Waals surface area contributed by atoms with Crippen LogP contribution in [0.15, 0.2) is 12.8 Å². The molecule has 0 fully saturated rings. The fourth-order valence-corrected chi connectivity index (χ4v) is 1.12. The first-order valence-corrected chi connectivity index (χ1v) is 3.56. The van der Waals surface area contributed by atoms with Gasteiger partial charge in [0, 0.05) is 0 Å². The standard InChI is InChI=1S/C8H17NO2/c1-6-9(7(2,3)10)8(4,5)11/h6,10-11H,1H2,2-5H3. The molecule has 0 amide bonds. The molecule has 3 nitrogen and oxygen atoms in total. The molecule has 0 radical (unpaired) electrons. The maximum atomic E-state index is 9.51. The molecule has 0 aliphatic rings. The zero-order valence-electron chi connectivity index (χ0n) is 7.63. The van der Waals surface area contributed by atoms with Crippen molar-refractivity contribution in [2.75, 3.05) is 0 Å². The summed E-state index contributed by atoms with van der Waals surface area (Å²) in [5, 5.41) is 19.0. The fraction of sp³-hybridized carbons (Fsp3) is 0.750. The molecule has 0 unspecified atom stereocenters. The summed E-state index contributed by atoms with van der Waals surface area (Å²) in [7, 11) is 0. The first kappa shape index (κ1) is 10.5. The van der Waals surface area contributed by atoms with Crippen LogP contribution in [0.2, 0.25) is 0 Å². The van der Waals surface area contributed by atoms with Crippen molar-refractivity contribution in [3.63, 3.8) is 0 Å². The number of rotatable bonds is 3. The lowest BCUT2D eigenvalue weighted by Crippen LogP contribution is -2.52. The van der Waals surface area contributed by atoms with E-state index in [1.807, 2.05) is 0 Å². The van der Waals surface area contributed by atoms with Crippen LogP contribution in [0.3, 0.4) is 0 Å². The molecule has 0 saturated carbocycles. The molecule has 0 aromatic carbocycles. The molecule has 0 rings (SSSR count). The van der Waals surface area contributed by atoms with Gasteiger partial charge >= 0.3 is 0 Å². The molecule has 11 heavy (non-hydrogen) atoms. The van der Waals surface area contributed by atoms with E-state index < -0.39 is 11.4 Å². The van der Waals surface area contributed by atoms with Crippen molar-refractivity contribution in [3.05, 3.63) is 12.8 Å². The summed E-state index contributed by atoms with van der Waals surface area (Å²) in [6.07, 6.45) is 1.42. The SMILES string of the molecule is C=CN(C(C)(C)O)C(C)(C)O. The molecule has 0 aromatic heterocycles. The largest absolute Gasteiger partial charge is 0.371 e. The summed E-state index contributed by atoms with van der Waals surface area (Å²) in [6, 6.07) is 0. The van der Waals surface area contributed by atoms with Crippen molar-refractivity contribution >= 4 is 0 Å². The third-order valence-corrected chi connectivity index (χ3v) is 1.36. The highest BCUT2D eigenvalue weighted by atomic mass is 16.3. The highest BCUT2D eigenvalue weighted by Gasteiger charge is 2.31. The first-order valence-electron chi connectivity index (χ1n) is 3.56. The summed E-state index contributed by atoms with van der Waals surface area (Å²) in [5.41, 5.74) is -2.17. The number of hydrogen-bond donors (Lipinski definition) is 2. The van der Waals surface area contributed by atoms with Crippen LogP contribution in [0.25, 0.3) is 0 Å². The summed E-state index contributed by atoms with van der Waals surface area (Å²) in [4.78, 5) is 1.38. The summed E-state index contributed by atoms with van der Waals surface area (Å²) in [5.74, 6) is 0. The van der Waals surface area contributed by atoms with Crippen LogP contribution in [0, 0.1) is 0 Å². The van der Waals surface area contributed by atoms with Crippen molar-refractivity contribution in [3.8, 4) is 0 Å². The fourth-order valence-electron chi connectivity index (χ4n) is 1.12. The Balaban J connectivity index is 4.56. The Bertz CT molecular complexity index is 127. The van der Waals surface area contributed by atoms with E-state index in [4.69, 9.17) is 0 Å². The van der Waals surface area contributed by atoms with Gasteiger partial charge in [-0.15, -0.1) is 0 Å². The minimum atomic E-state index is -1.08. The second-order valence-electron chi connectivity index (χ2n) is 3.54. The third-order valence-electron chi connectivity index (χ3n) is 1.36. The van der Waals surface area contributed by atoms with Gasteiger partial charge < -0.3 is 15.1 Å². The van der Waals surface area contributed by atoms with Crippen molar-refractivity contribution in [2.45, 2.75) is 39.1 Å². The van der Waals surface area contributed by atoms with Crippen LogP contribution >= 0.6 is 0 Å². The normalized spacial score (nSPS) is 12.9. The molecule has 66 valence electrons. The van der Waals surface area contributed by atoms with Gasteiger partial charge in [-0.05, 0) is 33.9 Å². The van der Waals surface area contributed by atoms with Gasteiger partial charge in [0.15, 0.2) is 0 Å². The zero-order valence-corrected chi connectivity index (χ0v) is 7.63. The van der Waals surface area contributed by atoms with Crippen molar-refractivity contribution in [1.82, 2.24) is 4.90 Å². The Hall–Kier alpha value is -0.540. The minimum absolute atomic E-state index is 1.08. The van der Waals surface area contributed by atoms with Crippen LogP contribution in [0.1, 0.15) is 27.7 Å². The lowest BCUT2D eigenvalue weighted by molar-refractivity contribution is -0.172. The minimum Gasteiger partial charge on any atom is -0.371 e. The van der Waals surface area contributed by atoms with Gasteiger partial charge in [0.25, 0.3) is 0 Å². The lowest BCUT2D eigenvalue weighted by atomic mass is 10.1. The smallest absolute Gasteiger partial charge is 0.133 e. The van der Waals surface area contributed by atoms with Crippen molar-refractivity contribution in [2.24, 2.45) is 0 Å². The summed E-state index contributed by atoms with van der Waals surface area (Å²) >= 11 is 0. The van der Waals surface area contributed by atoms with Crippen LogP contribution < -0.4 is 0 Å². The van der Waals surface area contributed by atoms with E-state index in [9.17, 15) is 10.2 Å². The van der Waals surface area contributed by atoms with E-state index in [1.54, 1.807) is 27.7 Å². The second-order valence-corrected chi connectivity index (χ2v) is 3.54. The molecule has 0 heterocycles. The predicted molar refractivity (Wildman–Crippen MR) is 44.6 cm³/mol. The van der Waals surface area contributed by atoms with Gasteiger partial charge in [-0.3, -0.25) is 0 Å². The van der Waals surface area contributed by atoms with Crippen molar-refractivity contribution in [1.29, 1.82) is 0 Å². The summed E-state index contributed by atoms with van der Waals surface area (Å²) < 4.78 is 0. The van der Waals surface area contributed by atoms with E-state index in [-0.39, 0.29) is 0 Å². The van der Waals surface area contributed by atoms with Crippen LogP contribution in [0.5, 0.6) is 0 Å². The average Bonchev–Trinajstić information content (AvgIpc) is 1.56. The molecular weight excluding hydrogens is 142 g/mol. The number of hydrogen-bond acceptors (Lipinski definition) is 3. The lowest BCUT2D eigenvalue weighted by Gasteiger charge is -2.41. The molecule has 0 aliphatic heterocycles. The molecule has 0 bridgehead atoms. The topological polar surface area (TPSA) is 43.7 Å². The monoisotopic (exact) mass is 159 g/mol. The van der Waals surface area contributed by atoms with Gasteiger partial charge in [0.1, 0.15) is 11.4 Å². The molecule has 0 aliphatic carbocycles. The quantitative estimate of drug-likeness (QED) is 0.601. The highest BCUT2D eigenvalue weighted by molar-refractivity contribution is 4.85. The second kappa shape index (κ2) is 2.83. The van der Waals surface area contributed by atoms with Crippen LogP contribution in [0.4, 0.5) is 0 Å². The number of nitrogens with zero attached hydrogens (tertiary/aromatic N) is 1. The molecule has 2 N–H and O–H groups in total. The van der Waals surface area contributed by atoms with Gasteiger partial charge in [-0.2, -0.15) is 0 Å². The van der Waals surface area contributed by atoms with E-state index in [0.29, 0.717) is 0 Å². The zero-order chi connectivity index (χ0) is 9.28. The highest BCUT2D eigenvalue weighted by Crippen LogP contribution is 2.20. The van der Waals surface area contributed by atoms with E-state index in [1.165, 1.54) is 11.1 Å². The Labute approximate surface area is 68.0 Å². The Morgan fingerprint density at radius 3 is 1.36 bits per heavy atom. The average molecular weight is 159 g/mol. The predicted octanol–water partition coefficient (Wildman–Crippen LogP) is 0.889. The Morgan fingerprint density at radius 2 is 1.36 bits per heavy atom. The third kappa shape index (κ3) is 2.91. The first-order chi connectivity index (χ1) is 4.69. The van der Waals surface area contributed by atoms with E-state index in [2.05, 4.69) is 6.58 Å². The van der Waals surface area contributed by atoms with Crippen LogP contribution in [-0.4, -0.2) is 26.6 Å². The van der Waals surface area contributed by atoms with E-state index >= 15 is 0 Å². The van der Waals surface area contributed by atoms with Crippen molar-refractivity contribution < 1.29 is 10.2 Å². The van der Waals surface area contributed by atoms with Gasteiger partial charge in [0.05, 0.1) is 0 Å². The van der Waals surface area contributed by atoms with E-state index in [0.717, 1.165) is 0 Å². The maximum absolute atomic E-state index is 9.51. The molecule has 0 atom stereocenters. The Morgan fingerprint density at radius 1 is 1.09 bits per heavy atom. The maximum Gasteiger partial charge on any atom is 0.133 e. The van der Waals surface area contributed by atoms with Gasteiger partial charge in [-0.1, -0.05) is 6.58 Å². The molecule has 0 saturated heterocycles. The molecule has 0 spiro atoms. The Kier molecular flexibility index (Phi) is 2.69. The van der Waals surface area contributed by atoms with Gasteiger partial charge in [0.2, 0.25) is 0 Å². The number of aliphatic hydroxyl groups is 2. The van der Waals surface area contributed by atoms with Crippen LogP contribution in [-0.2, 0) is 0 Å². The van der Waals surface area contributed by atoms with Gasteiger partial charge in [-0.25, -0.2) is 0 Å². The molecule has 3 heteroatoms. The molecular formula is C8H17NO2. The summed E-state index contributed by atoms with van der Waals surface area (Å²) in [6.45, 7) is 9.86.